The van der Waals surface area contributed by atoms with Crippen LogP contribution in [0.4, 0.5) is 11.4 Å². The Kier molecular flexibility index (Phi) is 4.61. The van der Waals surface area contributed by atoms with E-state index in [0.29, 0.717) is 31.9 Å². The molecule has 0 N–H and O–H groups in total. The molecule has 0 atom stereocenters. The molecule has 0 aliphatic carbocycles. The summed E-state index contributed by atoms with van der Waals surface area (Å²) in [4.78, 5) is 26.0. The molecule has 1 saturated heterocycles. The van der Waals surface area contributed by atoms with E-state index >= 15 is 0 Å². The zero-order valence-corrected chi connectivity index (χ0v) is 12.7. The number of nitrogens with zero attached hydrogens (tertiary/aromatic N) is 4. The summed E-state index contributed by atoms with van der Waals surface area (Å²) in [6.45, 7) is 6.17. The van der Waals surface area contributed by atoms with Gasteiger partial charge in [0.15, 0.2) is 0 Å². The van der Waals surface area contributed by atoms with Crippen molar-refractivity contribution in [3.8, 4) is 6.07 Å². The first-order valence-electron chi connectivity index (χ1n) is 7.16. The molecule has 2 rings (SSSR count). The van der Waals surface area contributed by atoms with E-state index in [-0.39, 0.29) is 23.1 Å². The molecule has 0 aromatic heterocycles. The fourth-order valence-corrected chi connectivity index (χ4v) is 2.54. The highest BCUT2D eigenvalue weighted by Crippen LogP contribution is 2.26. The lowest BCUT2D eigenvalue weighted by Crippen LogP contribution is -2.50. The van der Waals surface area contributed by atoms with Crippen molar-refractivity contribution < 1.29 is 9.72 Å². The Hall–Kier alpha value is -2.62. The number of anilines is 1. The topological polar surface area (TPSA) is 90.5 Å². The number of amides is 1. The molecule has 1 aliphatic rings. The molecule has 1 aromatic rings. The third kappa shape index (κ3) is 3.17. The minimum absolute atomic E-state index is 0.0272. The number of nitriles is 1. The van der Waals surface area contributed by atoms with Gasteiger partial charge in [-0.3, -0.25) is 14.9 Å². The Morgan fingerprint density at radius 1 is 1.32 bits per heavy atom. The summed E-state index contributed by atoms with van der Waals surface area (Å²) in [5.41, 5.74) is 0.886. The first-order valence-corrected chi connectivity index (χ1v) is 7.16. The Morgan fingerprint density at radius 2 is 1.95 bits per heavy atom. The quantitative estimate of drug-likeness (QED) is 0.627. The van der Waals surface area contributed by atoms with Gasteiger partial charge in [0.25, 0.3) is 5.69 Å². The van der Waals surface area contributed by atoms with Crippen molar-refractivity contribution in [3.05, 3.63) is 33.9 Å². The van der Waals surface area contributed by atoms with E-state index in [9.17, 15) is 20.2 Å². The second-order valence-electron chi connectivity index (χ2n) is 5.54. The first-order chi connectivity index (χ1) is 10.4. The lowest BCUT2D eigenvalue weighted by molar-refractivity contribution is -0.384. The van der Waals surface area contributed by atoms with Gasteiger partial charge in [-0.1, -0.05) is 13.8 Å². The van der Waals surface area contributed by atoms with Gasteiger partial charge in [0.05, 0.1) is 16.2 Å². The van der Waals surface area contributed by atoms with E-state index in [1.807, 2.05) is 29.7 Å². The number of piperazine rings is 1. The highest BCUT2D eigenvalue weighted by Gasteiger charge is 2.24. The standard InChI is InChI=1S/C15H18N4O3/c1-11(2)15(20)18-7-5-17(6-8-18)14-4-3-13(19(21)22)9-12(14)10-16/h3-4,9,11H,5-8H2,1-2H3. The number of hydrogen-bond acceptors (Lipinski definition) is 5. The first kappa shape index (κ1) is 15.8. The fourth-order valence-electron chi connectivity index (χ4n) is 2.54. The van der Waals surface area contributed by atoms with Gasteiger partial charge in [-0.2, -0.15) is 5.26 Å². The summed E-state index contributed by atoms with van der Waals surface area (Å²) in [5.74, 6) is 0.101. The molecule has 1 aliphatic heterocycles. The van der Waals surface area contributed by atoms with Gasteiger partial charge in [-0.25, -0.2) is 0 Å². The lowest BCUT2D eigenvalue weighted by atomic mass is 10.1. The summed E-state index contributed by atoms with van der Waals surface area (Å²) in [6.07, 6.45) is 0. The average Bonchev–Trinajstić information content (AvgIpc) is 2.53. The largest absolute Gasteiger partial charge is 0.367 e. The number of non-ortho nitro benzene ring substituents is 1. The molecular formula is C15H18N4O3. The molecule has 1 fully saturated rings. The molecule has 7 nitrogen and oxygen atoms in total. The van der Waals surface area contributed by atoms with Gasteiger partial charge in [0, 0.05) is 44.2 Å². The Bertz CT molecular complexity index is 628. The third-order valence-corrected chi connectivity index (χ3v) is 3.74. The highest BCUT2D eigenvalue weighted by molar-refractivity contribution is 5.78. The summed E-state index contributed by atoms with van der Waals surface area (Å²) in [7, 11) is 0. The molecule has 7 heteroatoms. The van der Waals surface area contributed by atoms with E-state index < -0.39 is 4.92 Å². The van der Waals surface area contributed by atoms with Crippen LogP contribution in [-0.2, 0) is 4.79 Å². The predicted molar refractivity (Wildman–Crippen MR) is 81.4 cm³/mol. The molecule has 1 aromatic carbocycles. The van der Waals surface area contributed by atoms with Crippen LogP contribution >= 0.6 is 0 Å². The van der Waals surface area contributed by atoms with Gasteiger partial charge in [-0.15, -0.1) is 0 Å². The van der Waals surface area contributed by atoms with Gasteiger partial charge >= 0.3 is 0 Å². The van der Waals surface area contributed by atoms with Gasteiger partial charge in [0.1, 0.15) is 6.07 Å². The summed E-state index contributed by atoms with van der Waals surface area (Å²) in [6, 6.07) is 6.32. The van der Waals surface area contributed by atoms with Crippen LogP contribution < -0.4 is 4.90 Å². The second-order valence-corrected chi connectivity index (χ2v) is 5.54. The van der Waals surface area contributed by atoms with Gasteiger partial charge in [0.2, 0.25) is 5.91 Å². The number of nitro benzene ring substituents is 1. The van der Waals surface area contributed by atoms with Crippen LogP contribution in [0, 0.1) is 27.4 Å². The van der Waals surface area contributed by atoms with Crippen molar-refractivity contribution in [2.24, 2.45) is 5.92 Å². The van der Waals surface area contributed by atoms with Crippen molar-refractivity contribution >= 4 is 17.3 Å². The van der Waals surface area contributed by atoms with Crippen molar-refractivity contribution in [2.75, 3.05) is 31.1 Å². The van der Waals surface area contributed by atoms with Crippen molar-refractivity contribution in [1.82, 2.24) is 4.90 Å². The molecule has 0 bridgehead atoms. The van der Waals surface area contributed by atoms with Crippen LogP contribution in [0.1, 0.15) is 19.4 Å². The third-order valence-electron chi connectivity index (χ3n) is 3.74. The molecule has 0 unspecified atom stereocenters. The minimum atomic E-state index is -0.510. The van der Waals surface area contributed by atoms with Crippen LogP contribution in [0.2, 0.25) is 0 Å². The van der Waals surface area contributed by atoms with Gasteiger partial charge < -0.3 is 9.80 Å². The number of hydrogen-bond donors (Lipinski definition) is 0. The van der Waals surface area contributed by atoms with Crippen molar-refractivity contribution in [3.63, 3.8) is 0 Å². The zero-order valence-electron chi connectivity index (χ0n) is 12.7. The van der Waals surface area contributed by atoms with Crippen LogP contribution in [0.25, 0.3) is 0 Å². The lowest BCUT2D eigenvalue weighted by Gasteiger charge is -2.37. The van der Waals surface area contributed by atoms with Crippen molar-refractivity contribution in [2.45, 2.75) is 13.8 Å². The highest BCUT2D eigenvalue weighted by atomic mass is 16.6. The van der Waals surface area contributed by atoms with Crippen LogP contribution in [0.15, 0.2) is 18.2 Å². The van der Waals surface area contributed by atoms with Crippen LogP contribution in [-0.4, -0.2) is 41.9 Å². The fraction of sp³-hybridized carbons (Fsp3) is 0.467. The summed E-state index contributed by atoms with van der Waals surface area (Å²) < 4.78 is 0. The molecule has 116 valence electrons. The predicted octanol–water partition coefficient (Wildman–Crippen LogP) is 1.77. The number of nitro groups is 1. The Balaban J connectivity index is 2.13. The number of rotatable bonds is 3. The summed E-state index contributed by atoms with van der Waals surface area (Å²) >= 11 is 0. The van der Waals surface area contributed by atoms with E-state index in [2.05, 4.69) is 0 Å². The molecule has 0 radical (unpaired) electrons. The maximum absolute atomic E-state index is 12.0. The Labute approximate surface area is 128 Å². The number of carbonyl (C=O) groups is 1. The number of carbonyl (C=O) groups excluding carboxylic acids is 1. The van der Waals surface area contributed by atoms with Crippen LogP contribution in [0.5, 0.6) is 0 Å². The van der Waals surface area contributed by atoms with Gasteiger partial charge in [-0.05, 0) is 6.07 Å². The maximum Gasteiger partial charge on any atom is 0.270 e. The van der Waals surface area contributed by atoms with E-state index in [4.69, 9.17) is 0 Å². The normalized spacial score (nSPS) is 14.8. The molecular weight excluding hydrogens is 284 g/mol. The van der Waals surface area contributed by atoms with E-state index in [1.54, 1.807) is 6.07 Å². The summed E-state index contributed by atoms with van der Waals surface area (Å²) in [5, 5.41) is 20.0. The zero-order chi connectivity index (χ0) is 16.3. The monoisotopic (exact) mass is 302 g/mol. The second kappa shape index (κ2) is 6.43. The average molecular weight is 302 g/mol. The molecule has 22 heavy (non-hydrogen) atoms. The minimum Gasteiger partial charge on any atom is -0.367 e. The Morgan fingerprint density at radius 3 is 2.45 bits per heavy atom. The van der Waals surface area contributed by atoms with Crippen LogP contribution in [0.3, 0.4) is 0 Å². The van der Waals surface area contributed by atoms with Crippen molar-refractivity contribution in [1.29, 1.82) is 5.26 Å². The molecule has 1 amide bonds. The smallest absolute Gasteiger partial charge is 0.270 e. The SMILES string of the molecule is CC(C)C(=O)N1CCN(c2ccc([N+](=O)[O-])cc2C#N)CC1. The van der Waals surface area contributed by atoms with E-state index in [1.165, 1.54) is 12.1 Å². The number of benzene rings is 1. The molecule has 0 saturated carbocycles. The molecule has 1 heterocycles. The van der Waals surface area contributed by atoms with E-state index in [0.717, 1.165) is 0 Å². The maximum atomic E-state index is 12.0. The molecule has 0 spiro atoms.